The fourth-order valence-electron chi connectivity index (χ4n) is 1.78. The number of aryl methyl sites for hydroxylation is 1. The number of hydrogen-bond acceptors (Lipinski definition) is 5. The van der Waals surface area contributed by atoms with E-state index in [4.69, 9.17) is 5.11 Å². The molecule has 0 bridgehead atoms. The van der Waals surface area contributed by atoms with Crippen molar-refractivity contribution in [1.82, 2.24) is 4.72 Å². The molecule has 0 saturated carbocycles. The number of aliphatic hydroxyl groups is 1. The van der Waals surface area contributed by atoms with Crippen LogP contribution in [0, 0.1) is 6.92 Å². The lowest BCUT2D eigenvalue weighted by Gasteiger charge is -2.11. The Kier molecular flexibility index (Phi) is 4.14. The number of sulfonamides is 1. The van der Waals surface area contributed by atoms with Crippen molar-refractivity contribution >= 4 is 33.1 Å². The first-order chi connectivity index (χ1) is 8.03. The van der Waals surface area contributed by atoms with E-state index >= 15 is 0 Å². The first-order valence-corrected chi connectivity index (χ1v) is 8.78. The van der Waals surface area contributed by atoms with Gasteiger partial charge in [0.2, 0.25) is 10.0 Å². The lowest BCUT2D eigenvalue weighted by molar-refractivity contribution is 0.285. The second-order valence-electron chi connectivity index (χ2n) is 3.97. The minimum absolute atomic E-state index is 0.0434. The minimum Gasteiger partial charge on any atom is -0.391 e. The maximum Gasteiger partial charge on any atom is 0.241 e. The Morgan fingerprint density at radius 1 is 1.59 bits per heavy atom. The Morgan fingerprint density at radius 2 is 2.35 bits per heavy atom. The Labute approximate surface area is 109 Å². The van der Waals surface area contributed by atoms with E-state index in [1.54, 1.807) is 24.8 Å². The van der Waals surface area contributed by atoms with Crippen LogP contribution in [0.1, 0.15) is 16.2 Å². The predicted octanol–water partition coefficient (Wildman–Crippen LogP) is 1.33. The average Bonchev–Trinajstić information content (AvgIpc) is 2.86. The molecule has 7 heteroatoms. The average molecular weight is 293 g/mol. The predicted molar refractivity (Wildman–Crippen MR) is 71.0 cm³/mol. The van der Waals surface area contributed by atoms with Crippen LogP contribution in [-0.2, 0) is 16.6 Å². The second kappa shape index (κ2) is 5.27. The summed E-state index contributed by atoms with van der Waals surface area (Å²) in [5, 5.41) is 9.02. The molecular formula is C10H15NO3S3. The molecule has 1 aliphatic heterocycles. The SMILES string of the molecule is Cc1sc(CO)cc1S(=O)(=O)NC1CCSC1. The molecule has 1 aliphatic rings. The summed E-state index contributed by atoms with van der Waals surface area (Å²) in [5.74, 6) is 1.85. The molecule has 1 aromatic rings. The van der Waals surface area contributed by atoms with Crippen molar-refractivity contribution in [1.29, 1.82) is 0 Å². The van der Waals surface area contributed by atoms with Crippen LogP contribution in [0.15, 0.2) is 11.0 Å². The van der Waals surface area contributed by atoms with Crippen molar-refractivity contribution < 1.29 is 13.5 Å². The van der Waals surface area contributed by atoms with Crippen LogP contribution < -0.4 is 4.72 Å². The van der Waals surface area contributed by atoms with Gasteiger partial charge in [0.05, 0.1) is 11.5 Å². The van der Waals surface area contributed by atoms with Crippen LogP contribution >= 0.6 is 23.1 Å². The van der Waals surface area contributed by atoms with Gasteiger partial charge in [0, 0.05) is 21.5 Å². The topological polar surface area (TPSA) is 66.4 Å². The third kappa shape index (κ3) is 3.03. The van der Waals surface area contributed by atoms with E-state index in [-0.39, 0.29) is 12.6 Å². The van der Waals surface area contributed by atoms with Crippen molar-refractivity contribution in [3.63, 3.8) is 0 Å². The summed E-state index contributed by atoms with van der Waals surface area (Å²) in [5.41, 5.74) is 0. The maximum atomic E-state index is 12.1. The van der Waals surface area contributed by atoms with E-state index in [1.165, 1.54) is 11.3 Å². The molecule has 1 fully saturated rings. The first-order valence-electron chi connectivity index (χ1n) is 5.33. The number of thioether (sulfide) groups is 1. The van der Waals surface area contributed by atoms with Gasteiger partial charge >= 0.3 is 0 Å². The molecule has 2 heterocycles. The molecule has 0 aliphatic carbocycles. The van der Waals surface area contributed by atoms with Crippen molar-refractivity contribution in [3.8, 4) is 0 Å². The molecule has 0 radical (unpaired) electrons. The highest BCUT2D eigenvalue weighted by Gasteiger charge is 2.25. The molecule has 1 unspecified atom stereocenters. The molecule has 1 atom stereocenters. The van der Waals surface area contributed by atoms with Gasteiger partial charge in [-0.15, -0.1) is 11.3 Å². The van der Waals surface area contributed by atoms with Crippen molar-refractivity contribution in [2.75, 3.05) is 11.5 Å². The summed E-state index contributed by atoms with van der Waals surface area (Å²) in [7, 11) is -3.43. The Morgan fingerprint density at radius 3 is 2.88 bits per heavy atom. The first kappa shape index (κ1) is 13.4. The number of aliphatic hydroxyl groups excluding tert-OH is 1. The van der Waals surface area contributed by atoms with Gasteiger partial charge in [-0.2, -0.15) is 11.8 Å². The fraction of sp³-hybridized carbons (Fsp3) is 0.600. The quantitative estimate of drug-likeness (QED) is 0.879. The Balaban J connectivity index is 2.21. The second-order valence-corrected chi connectivity index (χ2v) is 8.15. The van der Waals surface area contributed by atoms with Gasteiger partial charge < -0.3 is 5.11 Å². The number of hydrogen-bond donors (Lipinski definition) is 2. The minimum atomic E-state index is -3.43. The Bertz CT molecular complexity index is 489. The summed E-state index contributed by atoms with van der Waals surface area (Å²) < 4.78 is 27.0. The van der Waals surface area contributed by atoms with E-state index < -0.39 is 10.0 Å². The molecule has 2 rings (SSSR count). The third-order valence-electron chi connectivity index (χ3n) is 2.62. The van der Waals surface area contributed by atoms with Crippen molar-refractivity contribution in [3.05, 3.63) is 15.8 Å². The van der Waals surface area contributed by atoms with Gasteiger partial charge in [-0.1, -0.05) is 0 Å². The van der Waals surface area contributed by atoms with E-state index in [2.05, 4.69) is 4.72 Å². The number of thiophene rings is 1. The summed E-state index contributed by atoms with van der Waals surface area (Å²) in [6.07, 6.45) is 0.889. The Hall–Kier alpha value is -0.0800. The van der Waals surface area contributed by atoms with Crippen molar-refractivity contribution in [2.45, 2.75) is 30.9 Å². The molecule has 1 saturated heterocycles. The van der Waals surface area contributed by atoms with Crippen LogP contribution in [0.2, 0.25) is 0 Å². The van der Waals surface area contributed by atoms with Gasteiger partial charge in [-0.05, 0) is 25.2 Å². The van der Waals surface area contributed by atoms with Gasteiger partial charge in [-0.25, -0.2) is 13.1 Å². The van der Waals surface area contributed by atoms with E-state index in [9.17, 15) is 8.42 Å². The highest BCUT2D eigenvalue weighted by molar-refractivity contribution is 7.99. The molecular weight excluding hydrogens is 278 g/mol. The normalized spacial score (nSPS) is 20.9. The zero-order valence-electron chi connectivity index (χ0n) is 9.47. The van der Waals surface area contributed by atoms with Gasteiger partial charge in [-0.3, -0.25) is 0 Å². The largest absolute Gasteiger partial charge is 0.391 e. The van der Waals surface area contributed by atoms with Crippen LogP contribution in [0.3, 0.4) is 0 Å². The van der Waals surface area contributed by atoms with E-state index in [0.717, 1.165) is 22.8 Å². The van der Waals surface area contributed by atoms with E-state index in [1.807, 2.05) is 0 Å². The van der Waals surface area contributed by atoms with Crippen LogP contribution in [0.4, 0.5) is 0 Å². The number of nitrogens with one attached hydrogen (secondary N) is 1. The molecule has 4 nitrogen and oxygen atoms in total. The molecule has 0 amide bonds. The van der Waals surface area contributed by atoms with Crippen LogP contribution in [0.25, 0.3) is 0 Å². The lowest BCUT2D eigenvalue weighted by atomic mass is 10.3. The summed E-state index contributed by atoms with van der Waals surface area (Å²) in [6.45, 7) is 1.65. The van der Waals surface area contributed by atoms with Gasteiger partial charge in [0.1, 0.15) is 0 Å². The molecule has 17 heavy (non-hydrogen) atoms. The standard InChI is InChI=1S/C10H15NO3S3/c1-7-10(4-9(5-12)16-7)17(13,14)11-8-2-3-15-6-8/h4,8,11-12H,2-3,5-6H2,1H3. The maximum absolute atomic E-state index is 12.1. The van der Waals surface area contributed by atoms with Crippen LogP contribution in [0.5, 0.6) is 0 Å². The summed E-state index contributed by atoms with van der Waals surface area (Å²) in [6, 6.07) is 1.60. The highest BCUT2D eigenvalue weighted by Crippen LogP contribution is 2.27. The molecule has 2 N–H and O–H groups in total. The third-order valence-corrected chi connectivity index (χ3v) is 6.59. The zero-order valence-corrected chi connectivity index (χ0v) is 11.9. The molecule has 1 aromatic heterocycles. The highest BCUT2D eigenvalue weighted by atomic mass is 32.2. The smallest absolute Gasteiger partial charge is 0.241 e. The van der Waals surface area contributed by atoms with E-state index in [0.29, 0.717) is 9.77 Å². The van der Waals surface area contributed by atoms with Crippen LogP contribution in [-0.4, -0.2) is 31.1 Å². The van der Waals surface area contributed by atoms with Gasteiger partial charge in [0.15, 0.2) is 0 Å². The fourth-order valence-corrected chi connectivity index (χ4v) is 5.80. The summed E-state index contributed by atoms with van der Waals surface area (Å²) in [4.78, 5) is 1.72. The lowest BCUT2D eigenvalue weighted by Crippen LogP contribution is -2.34. The van der Waals surface area contributed by atoms with Gasteiger partial charge in [0.25, 0.3) is 0 Å². The summed E-state index contributed by atoms with van der Waals surface area (Å²) >= 11 is 3.09. The molecule has 96 valence electrons. The molecule has 0 spiro atoms. The number of rotatable bonds is 4. The molecule has 0 aromatic carbocycles. The monoisotopic (exact) mass is 293 g/mol. The zero-order chi connectivity index (χ0) is 12.5. The van der Waals surface area contributed by atoms with Crippen molar-refractivity contribution in [2.24, 2.45) is 0 Å².